The molecule has 0 heteroatoms. The van der Waals surface area contributed by atoms with E-state index in [0.29, 0.717) is 0 Å². The van der Waals surface area contributed by atoms with Crippen molar-refractivity contribution in [1.29, 1.82) is 0 Å². The van der Waals surface area contributed by atoms with Crippen molar-refractivity contribution in [2.24, 2.45) is 0 Å². The van der Waals surface area contributed by atoms with Crippen LogP contribution >= 0.6 is 0 Å². The smallest absolute Gasteiger partial charge is 0.0622 e. The molecule has 204 valence electrons. The second-order valence-electron chi connectivity index (χ2n) is 9.50. The molecule has 0 amide bonds. The Balaban J connectivity index is 1.75. The lowest BCUT2D eigenvalue weighted by Gasteiger charge is -2.20. The second kappa shape index (κ2) is 9.93. The molecule has 0 unspecified atom stereocenters. The summed E-state index contributed by atoms with van der Waals surface area (Å²) in [5.74, 6) is 0. The van der Waals surface area contributed by atoms with Crippen LogP contribution < -0.4 is 0 Å². The number of fused-ring (bicyclic) bond motifs is 6. The average Bonchev–Trinajstić information content (AvgIpc) is 3.35. The van der Waals surface area contributed by atoms with Gasteiger partial charge in [0.1, 0.15) is 0 Å². The van der Waals surface area contributed by atoms with E-state index in [-0.39, 0.29) is 0 Å². The topological polar surface area (TPSA) is 0 Å². The van der Waals surface area contributed by atoms with Gasteiger partial charge in [0.05, 0.1) is 38.4 Å². The molecule has 9 rings (SSSR count). The Labute approximate surface area is 295 Å². The fourth-order valence-electron chi connectivity index (χ4n) is 5.28. The molecule has 0 bridgehead atoms. The molecule has 0 aliphatic rings. The monoisotopic (exact) mass is 584 g/mol. The van der Waals surface area contributed by atoms with Gasteiger partial charge >= 0.3 is 0 Å². The first kappa shape index (κ1) is 9.64. The van der Waals surface area contributed by atoms with Gasteiger partial charge in [-0.15, -0.1) is 0 Å². The van der Waals surface area contributed by atoms with Gasteiger partial charge in [-0.3, -0.25) is 0 Å². The van der Waals surface area contributed by atoms with Crippen molar-refractivity contribution in [1.82, 2.24) is 0 Å². The standard InChI is InChI=1S/C44H28/c1-2-13-30(14-3-1)43-38-20-10-11-21-39(38)44(41-28-34-16-6-7-17-35(34)36-18-8-9-19-37(36)41)42-27-33(24-25-40(42)43)32-23-22-29-12-4-5-15-31(29)26-32/h1-28H/i1D,2D,3D,4D,5D,6D,7D,8D,9D,10D,11D,12D,13D,14D,15D,16D,17D,18D,19D,20D,21D,22D,23D,24D,25D,26D,27D,28D. The third-order valence-corrected chi connectivity index (χ3v) is 7.12. The van der Waals surface area contributed by atoms with Gasteiger partial charge in [-0.25, -0.2) is 0 Å². The van der Waals surface area contributed by atoms with Crippen molar-refractivity contribution in [3.63, 3.8) is 0 Å². The fourth-order valence-corrected chi connectivity index (χ4v) is 5.28. The van der Waals surface area contributed by atoms with Gasteiger partial charge in [0, 0.05) is 0 Å². The predicted molar refractivity (Wildman–Crippen MR) is 190 cm³/mol. The lowest BCUT2D eigenvalue weighted by Crippen LogP contribution is -1.93. The maximum atomic E-state index is 10.2. The second-order valence-corrected chi connectivity index (χ2v) is 9.50. The summed E-state index contributed by atoms with van der Waals surface area (Å²) in [6.07, 6.45) is 0. The molecule has 44 heavy (non-hydrogen) atoms. The molecule has 0 spiro atoms. The van der Waals surface area contributed by atoms with E-state index in [1.165, 1.54) is 0 Å². The quantitative estimate of drug-likeness (QED) is 0.143. The summed E-state index contributed by atoms with van der Waals surface area (Å²) in [5.41, 5.74) is -5.03. The summed E-state index contributed by atoms with van der Waals surface area (Å²) in [4.78, 5) is 0. The van der Waals surface area contributed by atoms with Gasteiger partial charge < -0.3 is 0 Å². The van der Waals surface area contributed by atoms with Crippen LogP contribution in [0.5, 0.6) is 0 Å². The van der Waals surface area contributed by atoms with Gasteiger partial charge in [0.15, 0.2) is 0 Å². The summed E-state index contributed by atoms with van der Waals surface area (Å²) in [6.45, 7) is 0. The molecule has 0 aliphatic carbocycles. The Hall–Kier alpha value is -5.72. The largest absolute Gasteiger partial charge is 0.0636 e. The van der Waals surface area contributed by atoms with Crippen molar-refractivity contribution in [2.75, 3.05) is 0 Å². The van der Waals surface area contributed by atoms with Crippen LogP contribution in [-0.4, -0.2) is 0 Å². The van der Waals surface area contributed by atoms with Crippen molar-refractivity contribution in [3.8, 4) is 33.4 Å². The molecule has 9 aromatic rings. The molecule has 9 aromatic carbocycles. The Bertz CT molecular complexity index is 4090. The van der Waals surface area contributed by atoms with E-state index in [0.717, 1.165) is 0 Å². The summed E-state index contributed by atoms with van der Waals surface area (Å²) < 4.78 is 253. The number of hydrogen-bond donors (Lipinski definition) is 0. The highest BCUT2D eigenvalue weighted by Crippen LogP contribution is 2.47. The number of benzene rings is 9. The van der Waals surface area contributed by atoms with Gasteiger partial charge in [0.2, 0.25) is 0 Å². The molecular formula is C44H28. The molecule has 0 aromatic heterocycles. The molecule has 0 N–H and O–H groups in total. The third kappa shape index (κ3) is 3.85. The van der Waals surface area contributed by atoms with Crippen LogP contribution in [0.15, 0.2) is 169 Å². The Morgan fingerprint density at radius 2 is 0.818 bits per heavy atom. The highest BCUT2D eigenvalue weighted by molar-refractivity contribution is 6.26. The van der Waals surface area contributed by atoms with Crippen LogP contribution in [0.4, 0.5) is 0 Å². The van der Waals surface area contributed by atoms with Crippen LogP contribution in [-0.2, 0) is 0 Å². The molecule has 0 radical (unpaired) electrons. The van der Waals surface area contributed by atoms with Crippen molar-refractivity contribution in [2.45, 2.75) is 0 Å². The highest BCUT2D eigenvalue weighted by Gasteiger charge is 2.19. The Morgan fingerprint density at radius 1 is 0.273 bits per heavy atom. The lowest BCUT2D eigenvalue weighted by molar-refractivity contribution is 1.65. The van der Waals surface area contributed by atoms with Crippen LogP contribution in [0.25, 0.3) is 87.2 Å². The van der Waals surface area contributed by atoms with Crippen molar-refractivity contribution < 1.29 is 38.4 Å². The van der Waals surface area contributed by atoms with Crippen molar-refractivity contribution in [3.05, 3.63) is 169 Å². The van der Waals surface area contributed by atoms with E-state index in [1.807, 2.05) is 0 Å². The fraction of sp³-hybridized carbons (Fsp3) is 0. The van der Waals surface area contributed by atoms with Gasteiger partial charge in [-0.05, 0) is 105 Å². The first-order valence-electron chi connectivity index (χ1n) is 27.0. The Morgan fingerprint density at radius 3 is 1.61 bits per heavy atom. The third-order valence-electron chi connectivity index (χ3n) is 7.12. The highest BCUT2D eigenvalue weighted by atomic mass is 14.2. The molecule has 0 heterocycles. The summed E-state index contributed by atoms with van der Waals surface area (Å²) in [7, 11) is 0. The minimum Gasteiger partial charge on any atom is -0.0622 e. The lowest BCUT2D eigenvalue weighted by atomic mass is 9.83. The molecule has 0 saturated heterocycles. The molecular weight excluding hydrogens is 528 g/mol. The van der Waals surface area contributed by atoms with Crippen molar-refractivity contribution >= 4 is 53.9 Å². The minimum atomic E-state index is -1.12. The van der Waals surface area contributed by atoms with Gasteiger partial charge in [-0.2, -0.15) is 0 Å². The molecule has 0 atom stereocenters. The van der Waals surface area contributed by atoms with Gasteiger partial charge in [-0.1, -0.05) is 151 Å². The molecule has 0 aliphatic heterocycles. The van der Waals surface area contributed by atoms with Crippen LogP contribution in [0.3, 0.4) is 0 Å². The van der Waals surface area contributed by atoms with E-state index >= 15 is 0 Å². The van der Waals surface area contributed by atoms with Crippen LogP contribution in [0.2, 0.25) is 0 Å². The van der Waals surface area contributed by atoms with Crippen LogP contribution in [0, 0.1) is 0 Å². The van der Waals surface area contributed by atoms with E-state index in [2.05, 4.69) is 0 Å². The van der Waals surface area contributed by atoms with E-state index in [1.54, 1.807) is 0 Å². The summed E-state index contributed by atoms with van der Waals surface area (Å²) in [5, 5.41) is -7.19. The summed E-state index contributed by atoms with van der Waals surface area (Å²) >= 11 is 0. The first-order valence-corrected chi connectivity index (χ1v) is 13.0. The maximum Gasteiger partial charge on any atom is 0.0636 e. The molecule has 0 nitrogen and oxygen atoms in total. The van der Waals surface area contributed by atoms with E-state index in [4.69, 9.17) is 26.0 Å². The zero-order chi connectivity index (χ0) is 53.4. The molecule has 0 saturated carbocycles. The minimum absolute atomic E-state index is 0.592. The summed E-state index contributed by atoms with van der Waals surface area (Å²) in [6, 6.07) is -27.1. The van der Waals surface area contributed by atoms with Gasteiger partial charge in [0.25, 0.3) is 0 Å². The normalized spacial score (nSPS) is 20.5. The SMILES string of the molecule is [2H]c1c([2H])c([2H])c(-c2c3c([2H])c([2H])c([2H])c([2H])c3c(-c3c([2H])c4c([2H])c([2H])c([2H])c([2H])c4c4c([2H])c([2H])c([2H])c([2H])c34)c3c([2H])c(-c4c([2H])c([2H])c5c([2H])c([2H])c([2H])c([2H])c5c4[2H])c([2H])c([2H])c23)c([2H])c1[2H]. The maximum absolute atomic E-state index is 10.2. The zero-order valence-electron chi connectivity index (χ0n) is 50.0. The first-order chi connectivity index (χ1) is 33.5. The number of hydrogen-bond acceptors (Lipinski definition) is 0. The zero-order valence-corrected chi connectivity index (χ0v) is 22.0. The van der Waals surface area contributed by atoms with Crippen LogP contribution in [0.1, 0.15) is 38.4 Å². The molecule has 0 fully saturated rings. The Kier molecular flexibility index (Phi) is 2.18. The number of rotatable bonds is 3. The van der Waals surface area contributed by atoms with E-state index < -0.39 is 256 Å². The average molecular weight is 585 g/mol. The predicted octanol–water partition coefficient (Wildman–Crippen LogP) is 12.5. The van der Waals surface area contributed by atoms with E-state index in [9.17, 15) is 12.3 Å².